The molecule has 1 aliphatic rings. The van der Waals surface area contributed by atoms with Gasteiger partial charge in [-0.1, -0.05) is 39.4 Å². The second-order valence-corrected chi connectivity index (χ2v) is 10.8. The molecule has 0 amide bonds. The summed E-state index contributed by atoms with van der Waals surface area (Å²) in [6, 6.07) is 0. The van der Waals surface area contributed by atoms with Crippen molar-refractivity contribution in [3.8, 4) is 11.5 Å². The van der Waals surface area contributed by atoms with Gasteiger partial charge in [-0.15, -0.1) is 5.54 Å². The fourth-order valence-corrected chi connectivity index (χ4v) is 2.27. The minimum absolute atomic E-state index is 0.110. The Bertz CT molecular complexity index is 341. The molecule has 1 N–H and O–H groups in total. The fourth-order valence-electron chi connectivity index (χ4n) is 1.69. The zero-order valence-corrected chi connectivity index (χ0v) is 11.3. The highest BCUT2D eigenvalue weighted by Gasteiger charge is 2.50. The summed E-state index contributed by atoms with van der Waals surface area (Å²) in [4.78, 5) is 11.9. The smallest absolute Gasteiger partial charge is 0.184 e. The summed E-state index contributed by atoms with van der Waals surface area (Å²) in [6.07, 6.45) is 1.21. The van der Waals surface area contributed by atoms with Crippen molar-refractivity contribution in [3.05, 3.63) is 0 Å². The highest BCUT2D eigenvalue weighted by atomic mass is 28.3. The number of ketones is 1. The van der Waals surface area contributed by atoms with Gasteiger partial charge in [0.2, 0.25) is 0 Å². The molecule has 1 atom stereocenters. The quantitative estimate of drug-likeness (QED) is 0.505. The van der Waals surface area contributed by atoms with Crippen LogP contribution in [0.3, 0.4) is 0 Å². The first-order chi connectivity index (χ1) is 6.57. The fraction of sp³-hybridized carbons (Fsp3) is 0.750. The average molecular weight is 224 g/mol. The van der Waals surface area contributed by atoms with E-state index < -0.39 is 19.1 Å². The van der Waals surface area contributed by atoms with E-state index in [2.05, 4.69) is 31.1 Å². The summed E-state index contributed by atoms with van der Waals surface area (Å²) in [7, 11) is -1.52. The van der Waals surface area contributed by atoms with Crippen LogP contribution in [0.25, 0.3) is 0 Å². The molecular weight excluding hydrogens is 204 g/mol. The molecule has 0 aromatic heterocycles. The molecule has 0 aromatic rings. The van der Waals surface area contributed by atoms with Gasteiger partial charge in [0.25, 0.3) is 0 Å². The first-order valence-electron chi connectivity index (χ1n) is 5.38. The SMILES string of the molecule is CC1(C)CCC(O)(C#C[Si](C)(C)C)C1=O. The second kappa shape index (κ2) is 3.46. The van der Waals surface area contributed by atoms with Crippen molar-refractivity contribution in [2.75, 3.05) is 0 Å². The third-order valence-electron chi connectivity index (χ3n) is 2.75. The topological polar surface area (TPSA) is 37.3 Å². The molecular formula is C12H20O2Si. The minimum atomic E-state index is -1.52. The highest BCUT2D eigenvalue weighted by Crippen LogP contribution is 2.39. The van der Waals surface area contributed by atoms with E-state index in [4.69, 9.17) is 0 Å². The lowest BCUT2D eigenvalue weighted by Crippen LogP contribution is -2.37. The maximum Gasteiger partial charge on any atom is 0.184 e. The van der Waals surface area contributed by atoms with Gasteiger partial charge in [-0.05, 0) is 12.8 Å². The first kappa shape index (κ1) is 12.5. The van der Waals surface area contributed by atoms with E-state index in [0.29, 0.717) is 6.42 Å². The van der Waals surface area contributed by atoms with Crippen LogP contribution >= 0.6 is 0 Å². The highest BCUT2D eigenvalue weighted by molar-refractivity contribution is 6.83. The molecule has 0 bridgehead atoms. The standard InChI is InChI=1S/C12H20O2Si/c1-11(2)6-7-12(14,10(11)13)8-9-15(3,4)5/h14H,6-7H2,1-5H3. The first-order valence-corrected chi connectivity index (χ1v) is 8.88. The summed E-state index contributed by atoms with van der Waals surface area (Å²) in [5, 5.41) is 10.2. The molecule has 0 spiro atoms. The molecule has 0 aromatic carbocycles. The van der Waals surface area contributed by atoms with Crippen LogP contribution in [-0.2, 0) is 4.79 Å². The lowest BCUT2D eigenvalue weighted by Gasteiger charge is -2.19. The molecule has 1 saturated carbocycles. The zero-order chi connectivity index (χ0) is 11.9. The normalized spacial score (nSPS) is 29.9. The largest absolute Gasteiger partial charge is 0.371 e. The molecule has 15 heavy (non-hydrogen) atoms. The molecule has 84 valence electrons. The van der Waals surface area contributed by atoms with Crippen LogP contribution in [0.15, 0.2) is 0 Å². The Morgan fingerprint density at radius 3 is 2.13 bits per heavy atom. The van der Waals surface area contributed by atoms with Crippen molar-refractivity contribution in [3.63, 3.8) is 0 Å². The Morgan fingerprint density at radius 2 is 1.80 bits per heavy atom. The third kappa shape index (κ3) is 2.70. The summed E-state index contributed by atoms with van der Waals surface area (Å²) >= 11 is 0. The number of aliphatic hydroxyl groups is 1. The number of Topliss-reactive ketones (excluding diaryl/α,β-unsaturated/α-hetero) is 1. The van der Waals surface area contributed by atoms with Crippen molar-refractivity contribution >= 4 is 13.9 Å². The molecule has 2 nitrogen and oxygen atoms in total. The minimum Gasteiger partial charge on any atom is -0.371 e. The molecule has 0 radical (unpaired) electrons. The molecule has 1 rings (SSSR count). The number of hydrogen-bond acceptors (Lipinski definition) is 2. The van der Waals surface area contributed by atoms with E-state index in [1.807, 2.05) is 13.8 Å². The van der Waals surface area contributed by atoms with Gasteiger partial charge in [0.05, 0.1) is 0 Å². The van der Waals surface area contributed by atoms with Crippen LogP contribution in [-0.4, -0.2) is 24.6 Å². The summed E-state index contributed by atoms with van der Waals surface area (Å²) in [6.45, 7) is 10.1. The Kier molecular flexibility index (Phi) is 2.88. The Hall–Kier alpha value is -0.593. The van der Waals surface area contributed by atoms with Crippen LogP contribution in [0.5, 0.6) is 0 Å². The van der Waals surface area contributed by atoms with Crippen LogP contribution in [0.4, 0.5) is 0 Å². The van der Waals surface area contributed by atoms with E-state index in [1.54, 1.807) is 0 Å². The van der Waals surface area contributed by atoms with E-state index in [9.17, 15) is 9.90 Å². The predicted molar refractivity (Wildman–Crippen MR) is 64.1 cm³/mol. The molecule has 3 heteroatoms. The van der Waals surface area contributed by atoms with E-state index in [0.717, 1.165) is 6.42 Å². The van der Waals surface area contributed by atoms with Gasteiger partial charge < -0.3 is 5.11 Å². The number of carbonyl (C=O) groups is 1. The van der Waals surface area contributed by atoms with Gasteiger partial charge in [-0.3, -0.25) is 4.79 Å². The number of hydrogen-bond donors (Lipinski definition) is 1. The summed E-state index contributed by atoms with van der Waals surface area (Å²) in [5.74, 6) is 2.71. The summed E-state index contributed by atoms with van der Waals surface area (Å²) < 4.78 is 0. The van der Waals surface area contributed by atoms with Crippen molar-refractivity contribution in [1.29, 1.82) is 0 Å². The van der Waals surface area contributed by atoms with Crippen LogP contribution in [0.1, 0.15) is 26.7 Å². The van der Waals surface area contributed by atoms with Crippen LogP contribution < -0.4 is 0 Å². The van der Waals surface area contributed by atoms with Crippen molar-refractivity contribution in [2.24, 2.45) is 5.41 Å². The zero-order valence-electron chi connectivity index (χ0n) is 10.3. The van der Waals surface area contributed by atoms with Crippen molar-refractivity contribution < 1.29 is 9.90 Å². The van der Waals surface area contributed by atoms with Crippen LogP contribution in [0, 0.1) is 16.9 Å². The second-order valence-electron chi connectivity index (χ2n) is 6.07. The molecule has 0 saturated heterocycles. The van der Waals surface area contributed by atoms with Crippen molar-refractivity contribution in [1.82, 2.24) is 0 Å². The monoisotopic (exact) mass is 224 g/mol. The maximum absolute atomic E-state index is 11.9. The summed E-state index contributed by atoms with van der Waals surface area (Å²) in [5.41, 5.74) is 1.31. The van der Waals surface area contributed by atoms with Gasteiger partial charge in [-0.25, -0.2) is 0 Å². The number of rotatable bonds is 0. The Morgan fingerprint density at radius 1 is 1.27 bits per heavy atom. The van der Waals surface area contributed by atoms with Gasteiger partial charge in [0, 0.05) is 5.41 Å². The van der Waals surface area contributed by atoms with Gasteiger partial charge in [0.15, 0.2) is 11.4 Å². The molecule has 1 unspecified atom stereocenters. The molecule has 1 aliphatic carbocycles. The Balaban J connectivity index is 2.96. The predicted octanol–water partition coefficient (Wildman–Crippen LogP) is 1.99. The molecule has 1 fully saturated rings. The van der Waals surface area contributed by atoms with Gasteiger partial charge in [-0.2, -0.15) is 0 Å². The Labute approximate surface area is 93.1 Å². The number of carbonyl (C=O) groups excluding carboxylic acids is 1. The van der Waals surface area contributed by atoms with E-state index in [-0.39, 0.29) is 5.78 Å². The lowest BCUT2D eigenvalue weighted by molar-refractivity contribution is -0.135. The van der Waals surface area contributed by atoms with Gasteiger partial charge >= 0.3 is 0 Å². The average Bonchev–Trinajstić information content (AvgIpc) is 2.27. The molecule has 0 aliphatic heterocycles. The lowest BCUT2D eigenvalue weighted by atomic mass is 9.88. The third-order valence-corrected chi connectivity index (χ3v) is 3.62. The van der Waals surface area contributed by atoms with E-state index >= 15 is 0 Å². The molecule has 0 heterocycles. The van der Waals surface area contributed by atoms with Crippen LogP contribution in [0.2, 0.25) is 19.6 Å². The van der Waals surface area contributed by atoms with E-state index in [1.165, 1.54) is 0 Å². The van der Waals surface area contributed by atoms with Crippen molar-refractivity contribution in [2.45, 2.75) is 51.9 Å². The maximum atomic E-state index is 11.9. The van der Waals surface area contributed by atoms with Gasteiger partial charge in [0.1, 0.15) is 8.07 Å².